The summed E-state index contributed by atoms with van der Waals surface area (Å²) in [5.74, 6) is 0.889. The summed E-state index contributed by atoms with van der Waals surface area (Å²) in [6.07, 6.45) is 0.948. The van der Waals surface area contributed by atoms with Crippen LogP contribution in [-0.2, 0) is 13.5 Å². The van der Waals surface area contributed by atoms with Gasteiger partial charge in [0.15, 0.2) is 5.96 Å². The lowest BCUT2D eigenvalue weighted by Crippen LogP contribution is -2.45. The van der Waals surface area contributed by atoms with Crippen molar-refractivity contribution < 1.29 is 0 Å². The molecule has 5 heteroatoms. The molecule has 130 valence electrons. The quantitative estimate of drug-likeness (QED) is 0.662. The van der Waals surface area contributed by atoms with Crippen LogP contribution in [-0.4, -0.2) is 34.9 Å². The Labute approximate surface area is 141 Å². The van der Waals surface area contributed by atoms with E-state index in [1.165, 1.54) is 11.3 Å². The lowest BCUT2D eigenvalue weighted by atomic mass is 10.0. The van der Waals surface area contributed by atoms with E-state index in [-0.39, 0.29) is 0 Å². The fraction of sp³-hybridized carbons (Fsp3) is 0.778. The molecule has 1 unspecified atom stereocenters. The van der Waals surface area contributed by atoms with Crippen molar-refractivity contribution in [3.8, 4) is 0 Å². The number of aryl methyl sites for hydroxylation is 2. The molecule has 1 heterocycles. The smallest absolute Gasteiger partial charge is 0.191 e. The number of aliphatic imine (C=N–C) groups is 1. The number of guanidine groups is 1. The SMILES string of the molecule is CN=C(NC(C)Cc1c(C)nn(C)c1C)NC1C(C)(C)C1(C)C. The summed E-state index contributed by atoms with van der Waals surface area (Å²) >= 11 is 0. The molecular formula is C18H33N5. The van der Waals surface area contributed by atoms with Gasteiger partial charge in [0.05, 0.1) is 5.69 Å². The second-order valence-electron chi connectivity index (χ2n) is 8.12. The standard InChI is InChI=1S/C18H33N5/c1-11(10-14-12(2)22-23(9)13(14)3)20-16(19-8)21-15-17(4,5)18(15,6)7/h11,15H,10H2,1-9H3,(H2,19,20,21). The predicted octanol–water partition coefficient (Wildman–Crippen LogP) is 2.57. The maximum atomic E-state index is 4.50. The molecule has 5 nitrogen and oxygen atoms in total. The van der Waals surface area contributed by atoms with Crippen molar-refractivity contribution in [3.05, 3.63) is 17.0 Å². The van der Waals surface area contributed by atoms with E-state index in [4.69, 9.17) is 0 Å². The molecule has 0 spiro atoms. The lowest BCUT2D eigenvalue weighted by molar-refractivity contribution is 0.457. The fourth-order valence-electron chi connectivity index (χ4n) is 3.57. The second kappa shape index (κ2) is 5.84. The molecule has 2 rings (SSSR count). The van der Waals surface area contributed by atoms with E-state index in [2.05, 4.69) is 69.2 Å². The Morgan fingerprint density at radius 2 is 1.83 bits per heavy atom. The van der Waals surface area contributed by atoms with Crippen LogP contribution >= 0.6 is 0 Å². The highest BCUT2D eigenvalue weighted by Crippen LogP contribution is 2.62. The maximum absolute atomic E-state index is 4.50. The van der Waals surface area contributed by atoms with Gasteiger partial charge in [0.25, 0.3) is 0 Å². The van der Waals surface area contributed by atoms with E-state index >= 15 is 0 Å². The summed E-state index contributed by atoms with van der Waals surface area (Å²) in [6, 6.07) is 0.753. The molecule has 1 saturated carbocycles. The molecule has 1 atom stereocenters. The highest BCUT2D eigenvalue weighted by Gasteiger charge is 2.65. The van der Waals surface area contributed by atoms with Gasteiger partial charge in [-0.05, 0) is 43.6 Å². The topological polar surface area (TPSA) is 54.2 Å². The zero-order valence-corrected chi connectivity index (χ0v) is 16.2. The van der Waals surface area contributed by atoms with Gasteiger partial charge in [-0.25, -0.2) is 0 Å². The van der Waals surface area contributed by atoms with Gasteiger partial charge < -0.3 is 10.6 Å². The van der Waals surface area contributed by atoms with Crippen molar-refractivity contribution in [1.82, 2.24) is 20.4 Å². The average molecular weight is 319 g/mol. The van der Waals surface area contributed by atoms with Crippen LogP contribution in [0.1, 0.15) is 51.6 Å². The largest absolute Gasteiger partial charge is 0.354 e. The van der Waals surface area contributed by atoms with E-state index in [9.17, 15) is 0 Å². The number of hydrogen-bond acceptors (Lipinski definition) is 2. The summed E-state index contributed by atoms with van der Waals surface area (Å²) in [5.41, 5.74) is 4.28. The Morgan fingerprint density at radius 1 is 1.26 bits per heavy atom. The van der Waals surface area contributed by atoms with Crippen molar-refractivity contribution in [2.75, 3.05) is 7.05 Å². The van der Waals surface area contributed by atoms with E-state index < -0.39 is 0 Å². The molecule has 1 aliphatic carbocycles. The summed E-state index contributed by atoms with van der Waals surface area (Å²) in [6.45, 7) is 15.6. The van der Waals surface area contributed by atoms with Crippen molar-refractivity contribution in [2.45, 2.75) is 67.0 Å². The monoisotopic (exact) mass is 319 g/mol. The van der Waals surface area contributed by atoms with Gasteiger partial charge in [0.1, 0.15) is 0 Å². The van der Waals surface area contributed by atoms with Crippen LogP contribution in [0.2, 0.25) is 0 Å². The van der Waals surface area contributed by atoms with Crippen molar-refractivity contribution >= 4 is 5.96 Å². The summed E-state index contributed by atoms with van der Waals surface area (Å²) in [5, 5.41) is 11.6. The summed E-state index contributed by atoms with van der Waals surface area (Å²) < 4.78 is 1.96. The van der Waals surface area contributed by atoms with Crippen molar-refractivity contribution in [3.63, 3.8) is 0 Å². The Balaban J connectivity index is 1.97. The molecule has 0 aliphatic heterocycles. The van der Waals surface area contributed by atoms with Crippen LogP contribution in [0.3, 0.4) is 0 Å². The molecule has 0 bridgehead atoms. The van der Waals surface area contributed by atoms with Gasteiger partial charge in [-0.2, -0.15) is 5.10 Å². The average Bonchev–Trinajstić information content (AvgIpc) is 2.69. The summed E-state index contributed by atoms with van der Waals surface area (Å²) in [7, 11) is 3.84. The van der Waals surface area contributed by atoms with E-state index in [1.807, 2.05) is 18.8 Å². The molecule has 1 aliphatic rings. The molecule has 0 amide bonds. The van der Waals surface area contributed by atoms with Gasteiger partial charge in [-0.15, -0.1) is 0 Å². The van der Waals surface area contributed by atoms with Gasteiger partial charge in [-0.1, -0.05) is 27.7 Å². The van der Waals surface area contributed by atoms with Crippen LogP contribution in [0, 0.1) is 24.7 Å². The maximum Gasteiger partial charge on any atom is 0.191 e. The first-order valence-electron chi connectivity index (χ1n) is 8.51. The summed E-state index contributed by atoms with van der Waals surface area (Å²) in [4.78, 5) is 4.40. The first-order valence-corrected chi connectivity index (χ1v) is 8.51. The van der Waals surface area contributed by atoms with Gasteiger partial charge in [0, 0.05) is 31.9 Å². The third-order valence-electron chi connectivity index (χ3n) is 6.08. The third kappa shape index (κ3) is 3.10. The molecule has 23 heavy (non-hydrogen) atoms. The lowest BCUT2D eigenvalue weighted by Gasteiger charge is -2.19. The van der Waals surface area contributed by atoms with Crippen LogP contribution in [0.25, 0.3) is 0 Å². The van der Waals surface area contributed by atoms with Crippen LogP contribution < -0.4 is 10.6 Å². The highest BCUT2D eigenvalue weighted by molar-refractivity contribution is 5.81. The Kier molecular flexibility index (Phi) is 4.53. The van der Waals surface area contributed by atoms with E-state index in [1.54, 1.807) is 0 Å². The molecule has 0 radical (unpaired) electrons. The number of nitrogens with zero attached hydrogens (tertiary/aromatic N) is 3. The molecule has 2 N–H and O–H groups in total. The fourth-order valence-corrected chi connectivity index (χ4v) is 3.57. The minimum Gasteiger partial charge on any atom is -0.354 e. The Bertz CT molecular complexity index is 595. The first kappa shape index (κ1) is 17.8. The zero-order valence-electron chi connectivity index (χ0n) is 16.2. The van der Waals surface area contributed by atoms with Crippen LogP contribution in [0.4, 0.5) is 0 Å². The second-order valence-corrected chi connectivity index (χ2v) is 8.12. The molecule has 0 saturated heterocycles. The first-order chi connectivity index (χ1) is 10.5. The van der Waals surface area contributed by atoms with Gasteiger partial charge in [0.2, 0.25) is 0 Å². The van der Waals surface area contributed by atoms with Gasteiger partial charge >= 0.3 is 0 Å². The molecule has 1 aromatic heterocycles. The minimum atomic E-state index is 0.296. The highest BCUT2D eigenvalue weighted by atomic mass is 15.3. The Morgan fingerprint density at radius 3 is 2.22 bits per heavy atom. The minimum absolute atomic E-state index is 0.296. The molecular weight excluding hydrogens is 286 g/mol. The molecule has 0 aromatic carbocycles. The zero-order chi connectivity index (χ0) is 17.6. The number of hydrogen-bond donors (Lipinski definition) is 2. The van der Waals surface area contributed by atoms with Crippen molar-refractivity contribution in [2.24, 2.45) is 22.9 Å². The predicted molar refractivity (Wildman–Crippen MR) is 96.8 cm³/mol. The third-order valence-corrected chi connectivity index (χ3v) is 6.08. The van der Waals surface area contributed by atoms with E-state index in [0.29, 0.717) is 22.9 Å². The Hall–Kier alpha value is -1.52. The van der Waals surface area contributed by atoms with E-state index in [0.717, 1.165) is 18.1 Å². The molecule has 1 fully saturated rings. The number of nitrogens with one attached hydrogen (secondary N) is 2. The number of rotatable bonds is 4. The molecule has 1 aromatic rings. The number of aromatic nitrogens is 2. The van der Waals surface area contributed by atoms with Crippen LogP contribution in [0.5, 0.6) is 0 Å². The normalized spacial score (nSPS) is 21.2. The van der Waals surface area contributed by atoms with Crippen molar-refractivity contribution in [1.29, 1.82) is 0 Å². The van der Waals surface area contributed by atoms with Crippen LogP contribution in [0.15, 0.2) is 4.99 Å². The van der Waals surface area contributed by atoms with Gasteiger partial charge in [-0.3, -0.25) is 9.67 Å².